The highest BCUT2D eigenvalue weighted by atomic mass is 35.5. The number of hydrogen-bond donors (Lipinski definition) is 1. The maximum atomic E-state index is 12.1. The van der Waals surface area contributed by atoms with Gasteiger partial charge in [-0.25, -0.2) is 0 Å². The van der Waals surface area contributed by atoms with Crippen LogP contribution in [0.25, 0.3) is 0 Å². The van der Waals surface area contributed by atoms with E-state index >= 15 is 0 Å². The Morgan fingerprint density at radius 1 is 1.25 bits per heavy atom. The van der Waals surface area contributed by atoms with Crippen LogP contribution < -0.4 is 5.32 Å². The number of rotatable bonds is 3. The van der Waals surface area contributed by atoms with Gasteiger partial charge in [-0.3, -0.25) is 9.59 Å². The van der Waals surface area contributed by atoms with E-state index in [0.29, 0.717) is 10.6 Å². The minimum atomic E-state index is -0.149. The molecule has 0 bridgehead atoms. The first-order valence-corrected chi connectivity index (χ1v) is 7.12. The number of carbonyl (C=O) groups excluding carboxylic acids is 2. The second-order valence-corrected chi connectivity index (χ2v) is 5.49. The van der Waals surface area contributed by atoms with Crippen LogP contribution in [0.4, 0.5) is 0 Å². The zero-order valence-electron chi connectivity index (χ0n) is 11.4. The van der Waals surface area contributed by atoms with Crippen molar-refractivity contribution in [2.45, 2.75) is 31.7 Å². The lowest BCUT2D eigenvalue weighted by molar-refractivity contribution is -0.146. The first kappa shape index (κ1) is 14.9. The van der Waals surface area contributed by atoms with Gasteiger partial charge in [0.15, 0.2) is 0 Å². The van der Waals surface area contributed by atoms with Crippen LogP contribution in [0.3, 0.4) is 0 Å². The van der Waals surface area contributed by atoms with Gasteiger partial charge in [-0.2, -0.15) is 0 Å². The summed E-state index contributed by atoms with van der Waals surface area (Å²) < 4.78 is 4.75. The fourth-order valence-electron chi connectivity index (χ4n) is 2.54. The molecule has 0 saturated heterocycles. The molecular weight excluding hydrogens is 278 g/mol. The first-order valence-electron chi connectivity index (χ1n) is 6.74. The molecule has 0 atom stereocenters. The van der Waals surface area contributed by atoms with E-state index in [4.69, 9.17) is 16.3 Å². The van der Waals surface area contributed by atoms with Gasteiger partial charge in [0.2, 0.25) is 0 Å². The molecule has 108 valence electrons. The van der Waals surface area contributed by atoms with Crippen LogP contribution in [0, 0.1) is 5.92 Å². The molecule has 4 nitrogen and oxygen atoms in total. The molecule has 1 fully saturated rings. The smallest absolute Gasteiger partial charge is 0.308 e. The van der Waals surface area contributed by atoms with Crippen LogP contribution in [0.1, 0.15) is 36.0 Å². The van der Waals surface area contributed by atoms with Crippen molar-refractivity contribution in [3.8, 4) is 0 Å². The van der Waals surface area contributed by atoms with Gasteiger partial charge in [0.05, 0.1) is 13.0 Å². The van der Waals surface area contributed by atoms with Crippen LogP contribution in [0.5, 0.6) is 0 Å². The predicted octanol–water partition coefficient (Wildman–Crippen LogP) is 2.80. The molecular formula is C15H18ClNO3. The average molecular weight is 296 g/mol. The summed E-state index contributed by atoms with van der Waals surface area (Å²) in [4.78, 5) is 23.5. The van der Waals surface area contributed by atoms with Gasteiger partial charge in [-0.15, -0.1) is 0 Å². The van der Waals surface area contributed by atoms with E-state index in [2.05, 4.69) is 5.32 Å². The largest absolute Gasteiger partial charge is 0.469 e. The molecule has 20 heavy (non-hydrogen) atoms. The van der Waals surface area contributed by atoms with Crippen LogP contribution in [0.15, 0.2) is 24.3 Å². The summed E-state index contributed by atoms with van der Waals surface area (Å²) in [7, 11) is 1.41. The van der Waals surface area contributed by atoms with Gasteiger partial charge in [0.25, 0.3) is 5.91 Å². The van der Waals surface area contributed by atoms with Gasteiger partial charge in [-0.1, -0.05) is 17.7 Å². The lowest BCUT2D eigenvalue weighted by Gasteiger charge is -2.27. The van der Waals surface area contributed by atoms with Crippen molar-refractivity contribution in [2.24, 2.45) is 5.92 Å². The number of ether oxygens (including phenoxy) is 1. The van der Waals surface area contributed by atoms with E-state index in [1.54, 1.807) is 24.3 Å². The van der Waals surface area contributed by atoms with E-state index in [9.17, 15) is 9.59 Å². The van der Waals surface area contributed by atoms with Crippen molar-refractivity contribution in [1.82, 2.24) is 5.32 Å². The van der Waals surface area contributed by atoms with Crippen LogP contribution >= 0.6 is 11.6 Å². The van der Waals surface area contributed by atoms with E-state index in [0.717, 1.165) is 25.7 Å². The molecule has 1 aliphatic rings. The van der Waals surface area contributed by atoms with Crippen molar-refractivity contribution in [2.75, 3.05) is 7.11 Å². The van der Waals surface area contributed by atoms with E-state index in [-0.39, 0.29) is 23.8 Å². The highest BCUT2D eigenvalue weighted by molar-refractivity contribution is 6.30. The van der Waals surface area contributed by atoms with Crippen molar-refractivity contribution < 1.29 is 14.3 Å². The Morgan fingerprint density at radius 2 is 1.95 bits per heavy atom. The zero-order chi connectivity index (χ0) is 14.5. The first-order chi connectivity index (χ1) is 9.60. The number of halogens is 1. The number of nitrogens with one attached hydrogen (secondary N) is 1. The number of amides is 1. The number of methoxy groups -OCH3 is 1. The van der Waals surface area contributed by atoms with Crippen LogP contribution in [-0.4, -0.2) is 25.0 Å². The highest BCUT2D eigenvalue weighted by Gasteiger charge is 2.27. The molecule has 0 spiro atoms. The molecule has 0 aromatic heterocycles. The summed E-state index contributed by atoms with van der Waals surface area (Å²) >= 11 is 5.87. The van der Waals surface area contributed by atoms with E-state index in [1.807, 2.05) is 0 Å². The fraction of sp³-hybridized carbons (Fsp3) is 0.467. The van der Waals surface area contributed by atoms with Crippen molar-refractivity contribution in [1.29, 1.82) is 0 Å². The quantitative estimate of drug-likeness (QED) is 0.873. The molecule has 5 heteroatoms. The minimum Gasteiger partial charge on any atom is -0.469 e. The highest BCUT2D eigenvalue weighted by Crippen LogP contribution is 2.25. The van der Waals surface area contributed by atoms with Crippen LogP contribution in [0.2, 0.25) is 5.02 Å². The van der Waals surface area contributed by atoms with Gasteiger partial charge in [-0.05, 0) is 43.9 Å². The molecule has 0 unspecified atom stereocenters. The predicted molar refractivity (Wildman–Crippen MR) is 76.7 cm³/mol. The molecule has 0 heterocycles. The van der Waals surface area contributed by atoms with Gasteiger partial charge >= 0.3 is 5.97 Å². The summed E-state index contributed by atoms with van der Waals surface area (Å²) in [6.07, 6.45) is 3.11. The Bertz CT molecular complexity index is 496. The number of carbonyl (C=O) groups is 2. The third-order valence-electron chi connectivity index (χ3n) is 3.68. The molecule has 2 rings (SSSR count). The third-order valence-corrected chi connectivity index (χ3v) is 3.92. The second kappa shape index (κ2) is 6.75. The van der Waals surface area contributed by atoms with Crippen molar-refractivity contribution in [3.63, 3.8) is 0 Å². The SMILES string of the molecule is COC(=O)C1CCC(NC(=O)c2cccc(Cl)c2)CC1. The topological polar surface area (TPSA) is 55.4 Å². The number of hydrogen-bond acceptors (Lipinski definition) is 3. The normalized spacial score (nSPS) is 22.1. The van der Waals surface area contributed by atoms with E-state index < -0.39 is 0 Å². The monoisotopic (exact) mass is 295 g/mol. The van der Waals surface area contributed by atoms with Crippen LogP contribution in [-0.2, 0) is 9.53 Å². The molecule has 1 aromatic rings. The maximum absolute atomic E-state index is 12.1. The molecule has 0 aliphatic heterocycles. The van der Waals surface area contributed by atoms with E-state index in [1.165, 1.54) is 7.11 Å². The molecule has 1 aliphatic carbocycles. The molecule has 1 aromatic carbocycles. The summed E-state index contributed by atoms with van der Waals surface area (Å²) in [5, 5.41) is 3.54. The van der Waals surface area contributed by atoms with Crippen molar-refractivity contribution in [3.05, 3.63) is 34.9 Å². The zero-order valence-corrected chi connectivity index (χ0v) is 12.2. The summed E-state index contributed by atoms with van der Waals surface area (Å²) in [6.45, 7) is 0. The third kappa shape index (κ3) is 3.73. The Kier molecular flexibility index (Phi) is 5.01. The molecule has 1 N–H and O–H groups in total. The van der Waals surface area contributed by atoms with Gasteiger partial charge < -0.3 is 10.1 Å². The Morgan fingerprint density at radius 3 is 2.55 bits per heavy atom. The average Bonchev–Trinajstić information content (AvgIpc) is 2.47. The summed E-state index contributed by atoms with van der Waals surface area (Å²) in [5.41, 5.74) is 0.563. The summed E-state index contributed by atoms with van der Waals surface area (Å²) in [6, 6.07) is 6.99. The molecule has 0 radical (unpaired) electrons. The molecule has 1 saturated carbocycles. The van der Waals surface area contributed by atoms with Gasteiger partial charge in [0, 0.05) is 16.6 Å². The second-order valence-electron chi connectivity index (χ2n) is 5.06. The number of esters is 1. The fourth-order valence-corrected chi connectivity index (χ4v) is 2.73. The maximum Gasteiger partial charge on any atom is 0.308 e. The standard InChI is InChI=1S/C15H18ClNO3/c1-20-15(19)10-5-7-13(8-6-10)17-14(18)11-3-2-4-12(16)9-11/h2-4,9-10,13H,5-8H2,1H3,(H,17,18). The number of benzene rings is 1. The Labute approximate surface area is 123 Å². The molecule has 1 amide bonds. The lowest BCUT2D eigenvalue weighted by Crippen LogP contribution is -2.38. The van der Waals surface area contributed by atoms with Gasteiger partial charge in [0.1, 0.15) is 0 Å². The lowest BCUT2D eigenvalue weighted by atomic mass is 9.86. The minimum absolute atomic E-state index is 0.0284. The Hall–Kier alpha value is -1.55. The summed E-state index contributed by atoms with van der Waals surface area (Å²) in [5.74, 6) is -0.294. The Balaban J connectivity index is 1.86. The van der Waals surface area contributed by atoms with Crippen molar-refractivity contribution >= 4 is 23.5 Å².